The number of benzene rings is 1. The molecule has 0 amide bonds. The van der Waals surface area contributed by atoms with E-state index in [0.29, 0.717) is 12.5 Å². The third kappa shape index (κ3) is 7.57. The van der Waals surface area contributed by atoms with Gasteiger partial charge in [0.15, 0.2) is 0 Å². The van der Waals surface area contributed by atoms with Gasteiger partial charge in [-0.2, -0.15) is 0 Å². The fourth-order valence-electron chi connectivity index (χ4n) is 3.31. The predicted octanol–water partition coefficient (Wildman–Crippen LogP) is 4.00. The lowest BCUT2D eigenvalue weighted by Crippen LogP contribution is -2.26. The minimum absolute atomic E-state index is 0.00465. The Bertz CT molecular complexity index is 530. The molecule has 2 atom stereocenters. The molecule has 2 rings (SSSR count). The Labute approximate surface area is 151 Å². The first kappa shape index (κ1) is 19.9. The summed E-state index contributed by atoms with van der Waals surface area (Å²) in [5.74, 6) is 0.143. The normalized spacial score (nSPS) is 21.6. The van der Waals surface area contributed by atoms with E-state index in [1.54, 1.807) is 0 Å². The molecule has 4 heteroatoms. The standard InChI is InChI=1S/C21H32O4/c1-21(2,3)25-20(23)15-24-13-12-16-8-10-17(11-9-16)18-6-4-5-7-19(22)14-18/h8-11,18-19,22H,4-7,12-15H2,1-3H3. The number of esters is 1. The van der Waals surface area contributed by atoms with Crippen LogP contribution in [-0.4, -0.2) is 36.0 Å². The molecule has 1 aliphatic carbocycles. The van der Waals surface area contributed by atoms with Crippen molar-refractivity contribution >= 4 is 5.97 Å². The van der Waals surface area contributed by atoms with E-state index in [9.17, 15) is 9.90 Å². The maximum Gasteiger partial charge on any atom is 0.332 e. The summed E-state index contributed by atoms with van der Waals surface area (Å²) in [5.41, 5.74) is 2.04. The Morgan fingerprint density at radius 1 is 1.16 bits per heavy atom. The first-order chi connectivity index (χ1) is 11.8. The van der Waals surface area contributed by atoms with Crippen LogP contribution in [-0.2, 0) is 20.7 Å². The molecular formula is C21H32O4. The highest BCUT2D eigenvalue weighted by Gasteiger charge is 2.20. The molecule has 0 heterocycles. The average Bonchev–Trinajstić information content (AvgIpc) is 2.75. The molecule has 1 aromatic rings. The van der Waals surface area contributed by atoms with Gasteiger partial charge in [0, 0.05) is 0 Å². The van der Waals surface area contributed by atoms with Gasteiger partial charge in [0.05, 0.1) is 12.7 Å². The summed E-state index contributed by atoms with van der Waals surface area (Å²) in [6.45, 7) is 6.04. The van der Waals surface area contributed by atoms with Crippen LogP contribution in [0.3, 0.4) is 0 Å². The summed E-state index contributed by atoms with van der Waals surface area (Å²) in [5, 5.41) is 9.98. The zero-order valence-corrected chi connectivity index (χ0v) is 15.8. The maximum atomic E-state index is 11.6. The molecule has 140 valence electrons. The summed E-state index contributed by atoms with van der Waals surface area (Å²) < 4.78 is 10.6. The summed E-state index contributed by atoms with van der Waals surface area (Å²) in [4.78, 5) is 11.6. The first-order valence-corrected chi connectivity index (χ1v) is 9.40. The van der Waals surface area contributed by atoms with Crippen LogP contribution < -0.4 is 0 Å². The number of aliphatic hydroxyl groups is 1. The maximum absolute atomic E-state index is 11.6. The van der Waals surface area contributed by atoms with Crippen LogP contribution in [0.4, 0.5) is 0 Å². The van der Waals surface area contributed by atoms with Crippen LogP contribution in [0.2, 0.25) is 0 Å². The lowest BCUT2D eigenvalue weighted by molar-refractivity contribution is -0.160. The highest BCUT2D eigenvalue weighted by Crippen LogP contribution is 2.31. The Kier molecular flexibility index (Phi) is 7.45. The molecule has 2 unspecified atom stereocenters. The van der Waals surface area contributed by atoms with Crippen LogP contribution in [0, 0.1) is 0 Å². The molecule has 1 N–H and O–H groups in total. The molecule has 1 saturated carbocycles. The van der Waals surface area contributed by atoms with Crippen molar-refractivity contribution in [3.05, 3.63) is 35.4 Å². The fourth-order valence-corrected chi connectivity index (χ4v) is 3.31. The van der Waals surface area contributed by atoms with Gasteiger partial charge in [0.1, 0.15) is 12.2 Å². The molecule has 1 fully saturated rings. The van der Waals surface area contributed by atoms with E-state index < -0.39 is 5.60 Å². The van der Waals surface area contributed by atoms with Crippen molar-refractivity contribution in [1.29, 1.82) is 0 Å². The van der Waals surface area contributed by atoms with E-state index in [0.717, 1.165) is 32.1 Å². The number of carbonyl (C=O) groups is 1. The Hall–Kier alpha value is -1.39. The van der Waals surface area contributed by atoms with Crippen LogP contribution in [0.25, 0.3) is 0 Å². The molecule has 4 nitrogen and oxygen atoms in total. The van der Waals surface area contributed by atoms with E-state index >= 15 is 0 Å². The van der Waals surface area contributed by atoms with Gasteiger partial charge in [-0.3, -0.25) is 0 Å². The second kappa shape index (κ2) is 9.35. The number of rotatable bonds is 6. The zero-order valence-electron chi connectivity index (χ0n) is 15.8. The Morgan fingerprint density at radius 2 is 1.84 bits per heavy atom. The number of ether oxygens (including phenoxy) is 2. The van der Waals surface area contributed by atoms with E-state index in [1.165, 1.54) is 17.5 Å². The highest BCUT2D eigenvalue weighted by atomic mass is 16.6. The Morgan fingerprint density at radius 3 is 2.52 bits per heavy atom. The van der Waals surface area contributed by atoms with Gasteiger partial charge in [-0.25, -0.2) is 4.79 Å². The third-order valence-corrected chi connectivity index (χ3v) is 4.52. The second-order valence-corrected chi connectivity index (χ2v) is 8.00. The van der Waals surface area contributed by atoms with Crippen LogP contribution in [0.5, 0.6) is 0 Å². The first-order valence-electron chi connectivity index (χ1n) is 9.40. The lowest BCUT2D eigenvalue weighted by atomic mass is 9.90. The third-order valence-electron chi connectivity index (χ3n) is 4.52. The Balaban J connectivity index is 1.74. The summed E-state index contributed by atoms with van der Waals surface area (Å²) in [7, 11) is 0. The minimum Gasteiger partial charge on any atom is -0.458 e. The van der Waals surface area contributed by atoms with Crippen molar-refractivity contribution in [2.75, 3.05) is 13.2 Å². The van der Waals surface area contributed by atoms with Gasteiger partial charge in [0.25, 0.3) is 0 Å². The molecule has 0 spiro atoms. The smallest absolute Gasteiger partial charge is 0.332 e. The average molecular weight is 348 g/mol. The van der Waals surface area contributed by atoms with Crippen LogP contribution >= 0.6 is 0 Å². The summed E-state index contributed by atoms with van der Waals surface area (Å²) in [6, 6.07) is 8.60. The van der Waals surface area contributed by atoms with E-state index in [1.807, 2.05) is 20.8 Å². The van der Waals surface area contributed by atoms with Crippen molar-refractivity contribution < 1.29 is 19.4 Å². The number of hydrogen-bond donors (Lipinski definition) is 1. The molecule has 0 aliphatic heterocycles. The van der Waals surface area contributed by atoms with Crippen molar-refractivity contribution in [2.45, 2.75) is 76.9 Å². The van der Waals surface area contributed by atoms with E-state index in [2.05, 4.69) is 24.3 Å². The molecule has 0 saturated heterocycles. The quantitative estimate of drug-likeness (QED) is 0.480. The summed E-state index contributed by atoms with van der Waals surface area (Å²) in [6.07, 6.45) is 5.91. The molecule has 0 aromatic heterocycles. The van der Waals surface area contributed by atoms with Gasteiger partial charge in [-0.05, 0) is 63.5 Å². The minimum atomic E-state index is -0.470. The van der Waals surface area contributed by atoms with Gasteiger partial charge >= 0.3 is 5.97 Å². The van der Waals surface area contributed by atoms with Crippen molar-refractivity contribution in [3.8, 4) is 0 Å². The van der Waals surface area contributed by atoms with E-state index in [-0.39, 0.29) is 18.7 Å². The number of aliphatic hydroxyl groups excluding tert-OH is 1. The van der Waals surface area contributed by atoms with Gasteiger partial charge < -0.3 is 14.6 Å². The topological polar surface area (TPSA) is 55.8 Å². The molecular weight excluding hydrogens is 316 g/mol. The van der Waals surface area contributed by atoms with Crippen molar-refractivity contribution in [3.63, 3.8) is 0 Å². The van der Waals surface area contributed by atoms with Crippen LogP contribution in [0.1, 0.15) is 69.9 Å². The molecule has 25 heavy (non-hydrogen) atoms. The van der Waals surface area contributed by atoms with Crippen molar-refractivity contribution in [1.82, 2.24) is 0 Å². The van der Waals surface area contributed by atoms with Crippen LogP contribution in [0.15, 0.2) is 24.3 Å². The van der Waals surface area contributed by atoms with Gasteiger partial charge in [-0.15, -0.1) is 0 Å². The molecule has 0 bridgehead atoms. The van der Waals surface area contributed by atoms with E-state index in [4.69, 9.17) is 9.47 Å². The molecule has 0 radical (unpaired) electrons. The number of carbonyl (C=O) groups excluding carboxylic acids is 1. The molecule has 1 aromatic carbocycles. The highest BCUT2D eigenvalue weighted by molar-refractivity contribution is 5.71. The molecule has 1 aliphatic rings. The zero-order chi connectivity index (χ0) is 18.3. The monoisotopic (exact) mass is 348 g/mol. The van der Waals surface area contributed by atoms with Crippen molar-refractivity contribution in [2.24, 2.45) is 0 Å². The number of hydrogen-bond acceptors (Lipinski definition) is 4. The lowest BCUT2D eigenvalue weighted by Gasteiger charge is -2.19. The largest absolute Gasteiger partial charge is 0.458 e. The summed E-state index contributed by atoms with van der Waals surface area (Å²) >= 11 is 0. The van der Waals surface area contributed by atoms with Gasteiger partial charge in [-0.1, -0.05) is 37.1 Å². The second-order valence-electron chi connectivity index (χ2n) is 8.00. The SMILES string of the molecule is CC(C)(C)OC(=O)COCCc1ccc(C2CCCCC(O)C2)cc1. The fraction of sp³-hybridized carbons (Fsp3) is 0.667. The van der Waals surface area contributed by atoms with Gasteiger partial charge in [0.2, 0.25) is 0 Å². The predicted molar refractivity (Wildman–Crippen MR) is 98.6 cm³/mol.